The quantitative estimate of drug-likeness (QED) is 0.528. The van der Waals surface area contributed by atoms with Crippen molar-refractivity contribution < 1.29 is 18.8 Å². The first-order valence-corrected chi connectivity index (χ1v) is 13.2. The number of amides is 2. The molecule has 0 saturated carbocycles. The number of piperazine rings is 1. The highest BCUT2D eigenvalue weighted by molar-refractivity contribution is 6.30. The Morgan fingerprint density at radius 2 is 1.92 bits per heavy atom. The van der Waals surface area contributed by atoms with Crippen molar-refractivity contribution in [1.82, 2.24) is 19.9 Å². The lowest BCUT2D eigenvalue weighted by Gasteiger charge is -2.43. The molecule has 8 nitrogen and oxygen atoms in total. The summed E-state index contributed by atoms with van der Waals surface area (Å²) in [6.45, 7) is 8.75. The molecule has 3 heterocycles. The topological polar surface area (TPSA) is 79.1 Å². The third kappa shape index (κ3) is 6.79. The number of hydrogen-bond donors (Lipinski definition) is 0. The number of likely N-dealkylation sites (N-methyl/N-ethyl adjacent to an activating group) is 1. The summed E-state index contributed by atoms with van der Waals surface area (Å²) in [4.78, 5) is 32.7. The molecule has 2 aromatic rings. The normalized spacial score (nSPS) is 21.1. The lowest BCUT2D eigenvalue weighted by molar-refractivity contribution is -0.137. The molecule has 0 bridgehead atoms. The van der Waals surface area contributed by atoms with Crippen molar-refractivity contribution in [3.05, 3.63) is 46.8 Å². The molecule has 0 aliphatic carbocycles. The molecule has 2 saturated heterocycles. The number of nitrogens with zero attached hydrogens (tertiary/aromatic N) is 4. The van der Waals surface area contributed by atoms with Crippen LogP contribution in [0, 0.1) is 11.3 Å². The Labute approximate surface area is 218 Å². The van der Waals surface area contributed by atoms with E-state index in [-0.39, 0.29) is 17.6 Å². The van der Waals surface area contributed by atoms with Crippen molar-refractivity contribution in [3.8, 4) is 5.75 Å². The molecule has 4 rings (SSSR count). The Hall–Kier alpha value is -2.58. The van der Waals surface area contributed by atoms with Crippen molar-refractivity contribution in [1.29, 1.82) is 0 Å². The highest BCUT2D eigenvalue weighted by Crippen LogP contribution is 2.36. The molecule has 2 fully saturated rings. The monoisotopic (exact) mass is 516 g/mol. The van der Waals surface area contributed by atoms with E-state index in [1.165, 1.54) is 0 Å². The maximum atomic E-state index is 13.4. The van der Waals surface area contributed by atoms with Gasteiger partial charge in [-0.3, -0.25) is 9.59 Å². The van der Waals surface area contributed by atoms with E-state index in [9.17, 15) is 9.59 Å². The number of rotatable bonds is 8. The first-order chi connectivity index (χ1) is 17.2. The van der Waals surface area contributed by atoms with E-state index in [2.05, 4.69) is 31.0 Å². The number of ether oxygens (including phenoxy) is 1. The van der Waals surface area contributed by atoms with Crippen LogP contribution in [0.15, 0.2) is 34.9 Å². The Kier molecular flexibility index (Phi) is 8.57. The predicted molar refractivity (Wildman–Crippen MR) is 138 cm³/mol. The van der Waals surface area contributed by atoms with Crippen LogP contribution in [0.1, 0.15) is 49.4 Å². The molecular weight excluding hydrogens is 480 g/mol. The molecule has 9 heteroatoms. The molecule has 1 aromatic heterocycles. The largest absolute Gasteiger partial charge is 0.493 e. The average Bonchev–Trinajstić information content (AvgIpc) is 3.31. The summed E-state index contributed by atoms with van der Waals surface area (Å²) < 4.78 is 11.6. The second-order valence-corrected chi connectivity index (χ2v) is 11.2. The molecular formula is C27H37ClN4O4. The standard InChI is InChI=1S/C27H37ClN4O4/c1-20(2)14-22-16-24(36-29-22)26(34)32-9-5-8-27(18-32,19-35-23-7-4-6-21(28)15-23)17-25(33)31-12-10-30(3)11-13-31/h4,6-7,15-16,20H,5,8-14,17-19H2,1-3H3/t27-/m1/s1. The van der Waals surface area contributed by atoms with Gasteiger partial charge in [-0.2, -0.15) is 0 Å². The van der Waals surface area contributed by atoms with Crippen molar-refractivity contribution in [2.75, 3.05) is 52.9 Å². The Morgan fingerprint density at radius 1 is 1.14 bits per heavy atom. The van der Waals surface area contributed by atoms with Crippen molar-refractivity contribution in [3.63, 3.8) is 0 Å². The summed E-state index contributed by atoms with van der Waals surface area (Å²) in [6, 6.07) is 9.02. The number of aromatic nitrogens is 1. The third-order valence-corrected chi connectivity index (χ3v) is 7.29. The number of likely N-dealkylation sites (tertiary alicyclic amines) is 1. The van der Waals surface area contributed by atoms with Crippen LogP contribution < -0.4 is 4.74 Å². The first-order valence-electron chi connectivity index (χ1n) is 12.8. The van der Waals surface area contributed by atoms with Crippen LogP contribution in [-0.4, -0.2) is 84.6 Å². The Morgan fingerprint density at radius 3 is 2.64 bits per heavy atom. The molecule has 1 aromatic carbocycles. The van der Waals surface area contributed by atoms with Gasteiger partial charge in [0.25, 0.3) is 5.91 Å². The highest BCUT2D eigenvalue weighted by Gasteiger charge is 2.42. The van der Waals surface area contributed by atoms with E-state index >= 15 is 0 Å². The van der Waals surface area contributed by atoms with Gasteiger partial charge in [-0.25, -0.2) is 0 Å². The van der Waals surface area contributed by atoms with Gasteiger partial charge >= 0.3 is 0 Å². The highest BCUT2D eigenvalue weighted by atomic mass is 35.5. The van der Waals surface area contributed by atoms with E-state index < -0.39 is 5.41 Å². The number of halogens is 1. The van der Waals surface area contributed by atoms with E-state index in [0.29, 0.717) is 42.8 Å². The van der Waals surface area contributed by atoms with Crippen LogP contribution in [0.4, 0.5) is 0 Å². The van der Waals surface area contributed by atoms with E-state index in [1.54, 1.807) is 23.1 Å². The van der Waals surface area contributed by atoms with Gasteiger partial charge < -0.3 is 24.0 Å². The second-order valence-electron chi connectivity index (χ2n) is 10.7. The van der Waals surface area contributed by atoms with Crippen LogP contribution in [0.2, 0.25) is 5.02 Å². The first kappa shape index (κ1) is 26.5. The third-order valence-electron chi connectivity index (χ3n) is 7.06. The summed E-state index contributed by atoms with van der Waals surface area (Å²) in [7, 11) is 2.07. The zero-order chi connectivity index (χ0) is 25.7. The van der Waals surface area contributed by atoms with Crippen molar-refractivity contribution in [2.45, 2.75) is 39.5 Å². The lowest BCUT2D eigenvalue weighted by atomic mass is 9.77. The van der Waals surface area contributed by atoms with Crippen LogP contribution in [0.3, 0.4) is 0 Å². The number of carbonyl (C=O) groups excluding carboxylic acids is 2. The van der Waals surface area contributed by atoms with E-state index in [0.717, 1.165) is 51.1 Å². The van der Waals surface area contributed by atoms with Gasteiger partial charge in [0.1, 0.15) is 5.75 Å². The molecule has 0 N–H and O–H groups in total. The minimum Gasteiger partial charge on any atom is -0.493 e. The maximum Gasteiger partial charge on any atom is 0.292 e. The smallest absolute Gasteiger partial charge is 0.292 e. The summed E-state index contributed by atoms with van der Waals surface area (Å²) in [6.07, 6.45) is 2.67. The number of piperidine rings is 1. The molecule has 2 amide bonds. The zero-order valence-corrected chi connectivity index (χ0v) is 22.3. The fourth-order valence-corrected chi connectivity index (χ4v) is 5.24. The molecule has 0 spiro atoms. The summed E-state index contributed by atoms with van der Waals surface area (Å²) >= 11 is 6.15. The van der Waals surface area contributed by atoms with Gasteiger partial charge in [-0.15, -0.1) is 0 Å². The maximum absolute atomic E-state index is 13.4. The van der Waals surface area contributed by atoms with Crippen molar-refractivity contribution >= 4 is 23.4 Å². The molecule has 2 aliphatic heterocycles. The summed E-state index contributed by atoms with van der Waals surface area (Å²) in [5.41, 5.74) is 0.281. The van der Waals surface area contributed by atoms with Gasteiger partial charge in [-0.05, 0) is 50.4 Å². The molecule has 0 radical (unpaired) electrons. The average molecular weight is 517 g/mol. The van der Waals surface area contributed by atoms with Gasteiger partial charge in [0, 0.05) is 62.2 Å². The van der Waals surface area contributed by atoms with Gasteiger partial charge in [0.05, 0.1) is 12.3 Å². The Balaban J connectivity index is 1.50. The SMILES string of the molecule is CC(C)Cc1cc(C(=O)N2CCC[C@@](COc3cccc(Cl)c3)(CC(=O)N3CCN(C)CC3)C2)on1. The minimum absolute atomic E-state index is 0.117. The fraction of sp³-hybridized carbons (Fsp3) is 0.593. The number of benzene rings is 1. The number of hydrogen-bond acceptors (Lipinski definition) is 6. The summed E-state index contributed by atoms with van der Waals surface area (Å²) in [5.74, 6) is 1.26. The van der Waals surface area contributed by atoms with Crippen LogP contribution >= 0.6 is 11.6 Å². The fourth-order valence-electron chi connectivity index (χ4n) is 5.06. The van der Waals surface area contributed by atoms with Crippen LogP contribution in [0.5, 0.6) is 5.75 Å². The second kappa shape index (κ2) is 11.6. The molecule has 0 unspecified atom stereocenters. The zero-order valence-electron chi connectivity index (χ0n) is 21.5. The Bertz CT molecular complexity index is 1050. The predicted octanol–water partition coefficient (Wildman–Crippen LogP) is 3.99. The van der Waals surface area contributed by atoms with Gasteiger partial charge in [-0.1, -0.05) is 36.7 Å². The summed E-state index contributed by atoms with van der Waals surface area (Å²) in [5, 5.41) is 4.68. The molecule has 1 atom stereocenters. The lowest BCUT2D eigenvalue weighted by Crippen LogP contribution is -2.53. The minimum atomic E-state index is -0.503. The van der Waals surface area contributed by atoms with Crippen molar-refractivity contribution in [2.24, 2.45) is 11.3 Å². The number of carbonyl (C=O) groups is 2. The molecule has 196 valence electrons. The van der Waals surface area contributed by atoms with Gasteiger partial charge in [0.15, 0.2) is 0 Å². The van der Waals surface area contributed by atoms with Gasteiger partial charge in [0.2, 0.25) is 11.7 Å². The molecule has 36 heavy (non-hydrogen) atoms. The van der Waals surface area contributed by atoms with Crippen LogP contribution in [-0.2, 0) is 11.2 Å². The van der Waals surface area contributed by atoms with E-state index in [1.807, 2.05) is 17.0 Å². The van der Waals surface area contributed by atoms with Crippen LogP contribution in [0.25, 0.3) is 0 Å². The van der Waals surface area contributed by atoms with E-state index in [4.69, 9.17) is 20.9 Å². The molecule has 2 aliphatic rings.